The van der Waals surface area contributed by atoms with Gasteiger partial charge in [-0.25, -0.2) is 4.98 Å². The summed E-state index contributed by atoms with van der Waals surface area (Å²) < 4.78 is 5.62. The lowest BCUT2D eigenvalue weighted by Crippen LogP contribution is -2.30. The van der Waals surface area contributed by atoms with E-state index in [1.54, 1.807) is 42.5 Å². The van der Waals surface area contributed by atoms with E-state index >= 15 is 0 Å². The summed E-state index contributed by atoms with van der Waals surface area (Å²) in [5.41, 5.74) is 0.458. The van der Waals surface area contributed by atoms with Gasteiger partial charge in [-0.05, 0) is 67.9 Å². The SMILES string of the molecule is CC(C)Oc1ccc(/C(O)=C2/C(=O)C(=O)N(c3ccccn3)C2c2ccc([N+](=O)[O-])cc2)cc1. The third kappa shape index (κ3) is 4.23. The third-order valence-electron chi connectivity index (χ3n) is 5.26. The maximum Gasteiger partial charge on any atom is 0.301 e. The van der Waals surface area contributed by atoms with Crippen molar-refractivity contribution in [2.45, 2.75) is 26.0 Å². The van der Waals surface area contributed by atoms with Gasteiger partial charge in [0.1, 0.15) is 17.3 Å². The molecule has 0 aliphatic carbocycles. The minimum absolute atomic E-state index is 0.0368. The van der Waals surface area contributed by atoms with Crippen molar-refractivity contribution in [1.29, 1.82) is 0 Å². The van der Waals surface area contributed by atoms with Gasteiger partial charge in [0, 0.05) is 23.9 Å². The Morgan fingerprint density at radius 2 is 1.74 bits per heavy atom. The number of non-ortho nitro benzene ring substituents is 1. The fourth-order valence-electron chi connectivity index (χ4n) is 3.78. The fraction of sp³-hybridized carbons (Fsp3) is 0.160. The molecular weight excluding hydrogens is 438 g/mol. The van der Waals surface area contributed by atoms with E-state index < -0.39 is 22.7 Å². The van der Waals surface area contributed by atoms with E-state index in [0.717, 1.165) is 0 Å². The highest BCUT2D eigenvalue weighted by molar-refractivity contribution is 6.51. The molecule has 172 valence electrons. The lowest BCUT2D eigenvalue weighted by molar-refractivity contribution is -0.384. The highest BCUT2D eigenvalue weighted by Crippen LogP contribution is 2.41. The predicted molar refractivity (Wildman–Crippen MR) is 124 cm³/mol. The van der Waals surface area contributed by atoms with Gasteiger partial charge in [0.15, 0.2) is 0 Å². The van der Waals surface area contributed by atoms with Crippen LogP contribution in [0.4, 0.5) is 11.5 Å². The Morgan fingerprint density at radius 3 is 2.29 bits per heavy atom. The van der Waals surface area contributed by atoms with Gasteiger partial charge in [0.25, 0.3) is 11.5 Å². The number of carbonyl (C=O) groups excluding carboxylic acids is 2. The lowest BCUT2D eigenvalue weighted by Gasteiger charge is -2.24. The van der Waals surface area contributed by atoms with Crippen LogP contribution in [-0.2, 0) is 9.59 Å². The first kappa shape index (κ1) is 22.7. The van der Waals surface area contributed by atoms with E-state index in [9.17, 15) is 24.8 Å². The van der Waals surface area contributed by atoms with Crippen molar-refractivity contribution in [2.75, 3.05) is 4.90 Å². The number of ketones is 1. The van der Waals surface area contributed by atoms with Crippen LogP contribution in [0.15, 0.2) is 78.5 Å². The Kier molecular flexibility index (Phi) is 6.09. The summed E-state index contributed by atoms with van der Waals surface area (Å²) in [6, 6.07) is 15.9. The molecule has 0 radical (unpaired) electrons. The second kappa shape index (κ2) is 9.14. The molecule has 2 aromatic carbocycles. The Balaban J connectivity index is 1.85. The van der Waals surface area contributed by atoms with Crippen LogP contribution in [0.5, 0.6) is 5.75 Å². The molecule has 2 heterocycles. The zero-order chi connectivity index (χ0) is 24.4. The molecule has 0 bridgehead atoms. The van der Waals surface area contributed by atoms with E-state index in [4.69, 9.17) is 4.74 Å². The van der Waals surface area contributed by atoms with Gasteiger partial charge < -0.3 is 9.84 Å². The van der Waals surface area contributed by atoms with Crippen LogP contribution in [0.1, 0.15) is 31.0 Å². The number of nitro benzene ring substituents is 1. The number of hydrogen-bond acceptors (Lipinski definition) is 7. The number of aliphatic hydroxyl groups excluding tert-OH is 1. The monoisotopic (exact) mass is 459 g/mol. The van der Waals surface area contributed by atoms with Gasteiger partial charge in [0.2, 0.25) is 0 Å². The number of anilines is 1. The molecule has 1 aliphatic rings. The zero-order valence-electron chi connectivity index (χ0n) is 18.4. The second-order valence-electron chi connectivity index (χ2n) is 7.90. The van der Waals surface area contributed by atoms with Crippen LogP contribution < -0.4 is 9.64 Å². The van der Waals surface area contributed by atoms with E-state index in [1.807, 2.05) is 13.8 Å². The number of nitro groups is 1. The summed E-state index contributed by atoms with van der Waals surface area (Å²) in [7, 11) is 0. The Labute approximate surface area is 195 Å². The molecule has 3 aromatic rings. The predicted octanol–water partition coefficient (Wildman–Crippen LogP) is 4.40. The quantitative estimate of drug-likeness (QED) is 0.190. The number of hydrogen-bond donors (Lipinski definition) is 1. The first-order valence-corrected chi connectivity index (χ1v) is 10.5. The normalized spacial score (nSPS) is 17.3. The number of amides is 1. The largest absolute Gasteiger partial charge is 0.507 e. The fourth-order valence-corrected chi connectivity index (χ4v) is 3.78. The van der Waals surface area contributed by atoms with Gasteiger partial charge in [-0.1, -0.05) is 6.07 Å². The summed E-state index contributed by atoms with van der Waals surface area (Å²) >= 11 is 0. The molecule has 1 saturated heterocycles. The molecular formula is C25H21N3O6. The molecule has 4 rings (SSSR count). The molecule has 34 heavy (non-hydrogen) atoms. The summed E-state index contributed by atoms with van der Waals surface area (Å²) in [4.78, 5) is 42.1. The Hall–Kier alpha value is -4.53. The maximum atomic E-state index is 13.1. The molecule has 1 aromatic heterocycles. The summed E-state index contributed by atoms with van der Waals surface area (Å²) in [5, 5.41) is 22.2. The van der Waals surface area contributed by atoms with Crippen molar-refractivity contribution in [3.63, 3.8) is 0 Å². The molecule has 9 heteroatoms. The van der Waals surface area contributed by atoms with Gasteiger partial charge in [0.05, 0.1) is 22.6 Å². The van der Waals surface area contributed by atoms with Crippen molar-refractivity contribution in [1.82, 2.24) is 4.98 Å². The second-order valence-corrected chi connectivity index (χ2v) is 7.90. The lowest BCUT2D eigenvalue weighted by atomic mass is 9.95. The number of carbonyl (C=O) groups is 2. The minimum Gasteiger partial charge on any atom is -0.507 e. The number of aromatic nitrogens is 1. The molecule has 1 N–H and O–H groups in total. The number of pyridine rings is 1. The molecule has 0 saturated carbocycles. The zero-order valence-corrected chi connectivity index (χ0v) is 18.4. The molecule has 1 unspecified atom stereocenters. The Bertz CT molecular complexity index is 1270. The topological polar surface area (TPSA) is 123 Å². The van der Waals surface area contributed by atoms with Crippen LogP contribution in [0.3, 0.4) is 0 Å². The van der Waals surface area contributed by atoms with E-state index in [2.05, 4.69) is 4.98 Å². The third-order valence-corrected chi connectivity index (χ3v) is 5.26. The molecule has 1 fully saturated rings. The van der Waals surface area contributed by atoms with Crippen LogP contribution in [0.2, 0.25) is 0 Å². The number of rotatable bonds is 6. The number of ether oxygens (including phenoxy) is 1. The smallest absolute Gasteiger partial charge is 0.301 e. The van der Waals surface area contributed by atoms with Gasteiger partial charge in [-0.2, -0.15) is 0 Å². The molecule has 9 nitrogen and oxygen atoms in total. The van der Waals surface area contributed by atoms with Crippen molar-refractivity contribution in [3.8, 4) is 5.75 Å². The van der Waals surface area contributed by atoms with Crippen LogP contribution in [0.25, 0.3) is 5.76 Å². The Morgan fingerprint density at radius 1 is 1.06 bits per heavy atom. The highest BCUT2D eigenvalue weighted by atomic mass is 16.6. The molecule has 1 aliphatic heterocycles. The standard InChI is InChI=1S/C25H21N3O6/c1-15(2)34-19-12-8-17(9-13-19)23(29)21-22(16-6-10-18(11-7-16)28(32)33)27(25(31)24(21)30)20-5-3-4-14-26-20/h3-15,22,29H,1-2H3/b23-21-. The first-order chi connectivity index (χ1) is 16.3. The maximum absolute atomic E-state index is 13.1. The summed E-state index contributed by atoms with van der Waals surface area (Å²) in [6.45, 7) is 3.77. The highest BCUT2D eigenvalue weighted by Gasteiger charge is 2.47. The number of Topliss-reactive ketones (excluding diaryl/α,β-unsaturated/α-hetero) is 1. The van der Waals surface area contributed by atoms with Gasteiger partial charge >= 0.3 is 5.91 Å². The van der Waals surface area contributed by atoms with Crippen molar-refractivity contribution in [3.05, 3.63) is 99.7 Å². The number of aliphatic hydroxyl groups is 1. The molecule has 1 amide bonds. The van der Waals surface area contributed by atoms with Crippen molar-refractivity contribution >= 4 is 29.0 Å². The van der Waals surface area contributed by atoms with Gasteiger partial charge in [-0.15, -0.1) is 0 Å². The van der Waals surface area contributed by atoms with E-state index in [1.165, 1.54) is 35.4 Å². The summed E-state index contributed by atoms with van der Waals surface area (Å²) in [6.07, 6.45) is 1.44. The molecule has 0 spiro atoms. The van der Waals surface area contributed by atoms with Gasteiger partial charge in [-0.3, -0.25) is 24.6 Å². The van der Waals surface area contributed by atoms with E-state index in [-0.39, 0.29) is 28.9 Å². The number of benzene rings is 2. The van der Waals surface area contributed by atoms with E-state index in [0.29, 0.717) is 16.9 Å². The summed E-state index contributed by atoms with van der Waals surface area (Å²) in [5.74, 6) is -1.30. The number of nitrogens with zero attached hydrogens (tertiary/aromatic N) is 3. The van der Waals surface area contributed by atoms with Crippen LogP contribution in [0, 0.1) is 10.1 Å². The van der Waals surface area contributed by atoms with Crippen molar-refractivity contribution in [2.24, 2.45) is 0 Å². The minimum atomic E-state index is -1.03. The van der Waals surface area contributed by atoms with Crippen molar-refractivity contribution < 1.29 is 24.4 Å². The van der Waals surface area contributed by atoms with Crippen LogP contribution >= 0.6 is 0 Å². The first-order valence-electron chi connectivity index (χ1n) is 10.5. The average molecular weight is 459 g/mol. The molecule has 1 atom stereocenters. The van der Waals surface area contributed by atoms with Crippen LogP contribution in [-0.4, -0.2) is 32.8 Å². The average Bonchev–Trinajstić information content (AvgIpc) is 3.09.